The maximum absolute atomic E-state index is 12.8. The third-order valence-electron chi connectivity index (χ3n) is 3.09. The van der Waals surface area contributed by atoms with E-state index in [1.165, 1.54) is 30.6 Å². The predicted octanol–water partition coefficient (Wildman–Crippen LogP) is 1.09. The molecule has 2 aromatic rings. The number of halogens is 1. The summed E-state index contributed by atoms with van der Waals surface area (Å²) in [5, 5.41) is 5.37. The number of nitrogens with one attached hydrogen (secondary N) is 2. The van der Waals surface area contributed by atoms with Crippen molar-refractivity contribution in [2.24, 2.45) is 0 Å². The second-order valence-electron chi connectivity index (χ2n) is 4.86. The molecule has 1 aromatic heterocycles. The topological polar surface area (TPSA) is 84.0 Å². The fraction of sp³-hybridized carbons (Fsp3) is 0.250. The molecular formula is C16H17FN4O2. The summed E-state index contributed by atoms with van der Waals surface area (Å²) in [5.41, 5.74) is 1.27. The van der Waals surface area contributed by atoms with Crippen LogP contribution in [0, 0.1) is 5.82 Å². The van der Waals surface area contributed by atoms with Gasteiger partial charge in [-0.25, -0.2) is 14.4 Å². The molecule has 0 atom stereocenters. The lowest BCUT2D eigenvalue weighted by atomic mass is 10.2. The molecule has 1 aromatic carbocycles. The van der Waals surface area contributed by atoms with Gasteiger partial charge in [-0.15, -0.1) is 0 Å². The molecule has 0 aliphatic carbocycles. The van der Waals surface area contributed by atoms with Crippen LogP contribution in [0.25, 0.3) is 0 Å². The van der Waals surface area contributed by atoms with Gasteiger partial charge in [-0.05, 0) is 36.2 Å². The van der Waals surface area contributed by atoms with Gasteiger partial charge in [0, 0.05) is 37.5 Å². The second kappa shape index (κ2) is 8.57. The summed E-state index contributed by atoms with van der Waals surface area (Å²) in [6.07, 6.45) is 5.67. The van der Waals surface area contributed by atoms with Gasteiger partial charge >= 0.3 is 0 Å². The van der Waals surface area contributed by atoms with Crippen LogP contribution in [0.5, 0.6) is 0 Å². The molecular weight excluding hydrogens is 299 g/mol. The smallest absolute Gasteiger partial charge is 0.251 e. The fourth-order valence-electron chi connectivity index (χ4n) is 1.89. The lowest BCUT2D eigenvalue weighted by Gasteiger charge is -2.07. The number of carbonyl (C=O) groups excluding carboxylic acids is 2. The van der Waals surface area contributed by atoms with E-state index in [-0.39, 0.29) is 11.8 Å². The van der Waals surface area contributed by atoms with Crippen molar-refractivity contribution in [2.45, 2.75) is 12.8 Å². The van der Waals surface area contributed by atoms with E-state index in [2.05, 4.69) is 20.6 Å². The number of aromatic nitrogens is 2. The SMILES string of the molecule is O=C(CCc1cncnc1)NCCNC(=O)c1ccc(F)cc1. The molecule has 1 heterocycles. The molecule has 0 fully saturated rings. The second-order valence-corrected chi connectivity index (χ2v) is 4.86. The number of hydrogen-bond donors (Lipinski definition) is 2. The van der Waals surface area contributed by atoms with Crippen molar-refractivity contribution in [3.05, 3.63) is 59.9 Å². The average molecular weight is 316 g/mol. The molecule has 7 heteroatoms. The van der Waals surface area contributed by atoms with Crippen LogP contribution in [0.1, 0.15) is 22.3 Å². The monoisotopic (exact) mass is 316 g/mol. The van der Waals surface area contributed by atoms with Gasteiger partial charge < -0.3 is 10.6 Å². The molecule has 0 saturated carbocycles. The highest BCUT2D eigenvalue weighted by molar-refractivity contribution is 5.94. The maximum Gasteiger partial charge on any atom is 0.251 e. The highest BCUT2D eigenvalue weighted by Crippen LogP contribution is 2.02. The van der Waals surface area contributed by atoms with Crippen molar-refractivity contribution < 1.29 is 14.0 Å². The Morgan fingerprint density at radius 1 is 1.00 bits per heavy atom. The van der Waals surface area contributed by atoms with Gasteiger partial charge in [-0.1, -0.05) is 0 Å². The zero-order valence-electron chi connectivity index (χ0n) is 12.5. The summed E-state index contributed by atoms with van der Waals surface area (Å²) in [7, 11) is 0. The molecule has 0 spiro atoms. The Morgan fingerprint density at radius 3 is 2.35 bits per heavy atom. The predicted molar refractivity (Wildman–Crippen MR) is 82.1 cm³/mol. The van der Waals surface area contributed by atoms with E-state index in [0.29, 0.717) is 31.5 Å². The normalized spacial score (nSPS) is 10.1. The number of aryl methyl sites for hydroxylation is 1. The summed E-state index contributed by atoms with van der Waals surface area (Å²) in [5.74, 6) is -0.803. The van der Waals surface area contributed by atoms with Gasteiger partial charge in [0.25, 0.3) is 5.91 Å². The van der Waals surface area contributed by atoms with E-state index in [4.69, 9.17) is 0 Å². The minimum atomic E-state index is -0.391. The van der Waals surface area contributed by atoms with Gasteiger partial charge in [-0.3, -0.25) is 9.59 Å². The molecule has 2 N–H and O–H groups in total. The number of amides is 2. The van der Waals surface area contributed by atoms with Gasteiger partial charge in [0.1, 0.15) is 12.1 Å². The number of nitrogens with zero attached hydrogens (tertiary/aromatic N) is 2. The Hall–Kier alpha value is -2.83. The highest BCUT2D eigenvalue weighted by atomic mass is 19.1. The molecule has 23 heavy (non-hydrogen) atoms. The first-order chi connectivity index (χ1) is 11.1. The summed E-state index contributed by atoms with van der Waals surface area (Å²) in [4.78, 5) is 31.2. The quantitative estimate of drug-likeness (QED) is 0.749. The Morgan fingerprint density at radius 2 is 1.65 bits per heavy atom. The van der Waals surface area contributed by atoms with Crippen molar-refractivity contribution >= 4 is 11.8 Å². The summed E-state index contributed by atoms with van der Waals surface area (Å²) in [6, 6.07) is 5.27. The zero-order chi connectivity index (χ0) is 16.5. The van der Waals surface area contributed by atoms with E-state index >= 15 is 0 Å². The van der Waals surface area contributed by atoms with Crippen molar-refractivity contribution in [1.29, 1.82) is 0 Å². The summed E-state index contributed by atoms with van der Waals surface area (Å²) < 4.78 is 12.8. The lowest BCUT2D eigenvalue weighted by molar-refractivity contribution is -0.121. The van der Waals surface area contributed by atoms with Crippen molar-refractivity contribution in [1.82, 2.24) is 20.6 Å². The summed E-state index contributed by atoms with van der Waals surface area (Å²) in [6.45, 7) is 0.632. The molecule has 120 valence electrons. The minimum absolute atomic E-state index is 0.107. The van der Waals surface area contributed by atoms with Gasteiger partial charge in [-0.2, -0.15) is 0 Å². The van der Waals surface area contributed by atoms with Crippen LogP contribution < -0.4 is 10.6 Å². The lowest BCUT2D eigenvalue weighted by Crippen LogP contribution is -2.34. The van der Waals surface area contributed by atoms with Gasteiger partial charge in [0.15, 0.2) is 0 Å². The molecule has 0 bridgehead atoms. The Bertz CT molecular complexity index is 647. The molecule has 2 rings (SSSR count). The maximum atomic E-state index is 12.8. The number of rotatable bonds is 7. The Kier molecular flexibility index (Phi) is 6.17. The van der Waals surface area contributed by atoms with E-state index in [1.54, 1.807) is 12.4 Å². The standard InChI is InChI=1S/C16H17FN4O2/c17-14-4-2-13(3-5-14)16(23)21-8-7-20-15(22)6-1-12-9-18-11-19-10-12/h2-5,9-11H,1,6-8H2,(H,20,22)(H,21,23). The molecule has 0 aliphatic rings. The molecule has 6 nitrogen and oxygen atoms in total. The number of hydrogen-bond acceptors (Lipinski definition) is 4. The first-order valence-electron chi connectivity index (χ1n) is 7.19. The first-order valence-corrected chi connectivity index (χ1v) is 7.19. The van der Waals surface area contributed by atoms with Crippen LogP contribution in [-0.4, -0.2) is 34.9 Å². The van der Waals surface area contributed by atoms with E-state index < -0.39 is 5.82 Å². The molecule has 0 aliphatic heterocycles. The average Bonchev–Trinajstić information content (AvgIpc) is 2.58. The van der Waals surface area contributed by atoms with E-state index in [0.717, 1.165) is 5.56 Å². The number of carbonyl (C=O) groups is 2. The third-order valence-corrected chi connectivity index (χ3v) is 3.09. The zero-order valence-corrected chi connectivity index (χ0v) is 12.5. The van der Waals surface area contributed by atoms with E-state index in [1.807, 2.05) is 0 Å². The number of benzene rings is 1. The Balaban J connectivity index is 1.62. The molecule has 0 unspecified atom stereocenters. The molecule has 0 radical (unpaired) electrons. The first kappa shape index (κ1) is 16.5. The minimum Gasteiger partial charge on any atom is -0.354 e. The van der Waals surface area contributed by atoms with Crippen molar-refractivity contribution in [2.75, 3.05) is 13.1 Å². The van der Waals surface area contributed by atoms with Crippen LogP contribution in [0.15, 0.2) is 43.0 Å². The van der Waals surface area contributed by atoms with Gasteiger partial charge in [0.05, 0.1) is 0 Å². The Labute approximate surface area is 133 Å². The van der Waals surface area contributed by atoms with Crippen molar-refractivity contribution in [3.8, 4) is 0 Å². The van der Waals surface area contributed by atoms with Crippen LogP contribution in [0.4, 0.5) is 4.39 Å². The van der Waals surface area contributed by atoms with Crippen LogP contribution in [-0.2, 0) is 11.2 Å². The fourth-order valence-corrected chi connectivity index (χ4v) is 1.89. The van der Waals surface area contributed by atoms with Crippen LogP contribution in [0.2, 0.25) is 0 Å². The molecule has 0 saturated heterocycles. The third kappa shape index (κ3) is 5.82. The van der Waals surface area contributed by atoms with E-state index in [9.17, 15) is 14.0 Å². The van der Waals surface area contributed by atoms with Gasteiger partial charge in [0.2, 0.25) is 5.91 Å². The van der Waals surface area contributed by atoms with Crippen LogP contribution >= 0.6 is 0 Å². The van der Waals surface area contributed by atoms with Crippen molar-refractivity contribution in [3.63, 3.8) is 0 Å². The largest absolute Gasteiger partial charge is 0.354 e. The van der Waals surface area contributed by atoms with Crippen LogP contribution in [0.3, 0.4) is 0 Å². The summed E-state index contributed by atoms with van der Waals surface area (Å²) >= 11 is 0. The molecule has 2 amide bonds. The highest BCUT2D eigenvalue weighted by Gasteiger charge is 2.05.